The van der Waals surface area contributed by atoms with Crippen LogP contribution in [0.25, 0.3) is 33.3 Å². The molecule has 1 aromatic carbocycles. The van der Waals surface area contributed by atoms with Crippen LogP contribution in [0.15, 0.2) is 55.1 Å². The van der Waals surface area contributed by atoms with Crippen LogP contribution >= 0.6 is 0 Å². The molecular weight excluding hydrogens is 556 g/mol. The van der Waals surface area contributed by atoms with Gasteiger partial charge in [0.15, 0.2) is 0 Å². The van der Waals surface area contributed by atoms with Crippen molar-refractivity contribution >= 4 is 23.2 Å². The zero-order valence-corrected chi connectivity index (χ0v) is 26.3. The zero-order chi connectivity index (χ0) is 31.2. The fourth-order valence-electron chi connectivity index (χ4n) is 6.07. The zero-order valence-electron chi connectivity index (χ0n) is 26.3. The molecule has 9 heteroatoms. The molecule has 5 heterocycles. The lowest BCUT2D eigenvalue weighted by atomic mass is 9.88. The Kier molecular flexibility index (Phi) is 7.70. The summed E-state index contributed by atoms with van der Waals surface area (Å²) >= 11 is 0. The van der Waals surface area contributed by atoms with Crippen molar-refractivity contribution in [2.45, 2.75) is 84.7 Å². The molecule has 44 heavy (non-hydrogen) atoms. The van der Waals surface area contributed by atoms with Crippen LogP contribution in [-0.4, -0.2) is 56.0 Å². The minimum atomic E-state index is -0.654. The van der Waals surface area contributed by atoms with Gasteiger partial charge in [-0.25, -0.2) is 19.1 Å². The number of aromatic nitrogens is 3. The number of ether oxygens (including phenoxy) is 3. The van der Waals surface area contributed by atoms with Crippen molar-refractivity contribution < 1.29 is 23.8 Å². The molecule has 1 amide bonds. The predicted molar refractivity (Wildman–Crippen MR) is 168 cm³/mol. The van der Waals surface area contributed by atoms with E-state index >= 15 is 0 Å². The summed E-state index contributed by atoms with van der Waals surface area (Å²) in [6.07, 6.45) is 8.87. The molecule has 2 aliphatic rings. The van der Waals surface area contributed by atoms with E-state index in [-0.39, 0.29) is 12.1 Å². The summed E-state index contributed by atoms with van der Waals surface area (Å²) in [6.45, 7) is 13.0. The molecule has 9 nitrogen and oxygen atoms in total. The van der Waals surface area contributed by atoms with E-state index in [4.69, 9.17) is 19.2 Å². The number of amides is 1. The van der Waals surface area contributed by atoms with Gasteiger partial charge >= 0.3 is 12.2 Å². The Morgan fingerprint density at radius 1 is 0.955 bits per heavy atom. The van der Waals surface area contributed by atoms with E-state index in [1.807, 2.05) is 58.6 Å². The van der Waals surface area contributed by atoms with E-state index in [0.717, 1.165) is 58.0 Å². The van der Waals surface area contributed by atoms with Crippen molar-refractivity contribution in [2.75, 3.05) is 13.2 Å². The summed E-state index contributed by atoms with van der Waals surface area (Å²) in [5.41, 5.74) is 6.40. The molecule has 230 valence electrons. The summed E-state index contributed by atoms with van der Waals surface area (Å²) in [6, 6.07) is 10.2. The third-order valence-corrected chi connectivity index (χ3v) is 7.92. The maximum absolute atomic E-state index is 13.2. The maximum atomic E-state index is 13.2. The summed E-state index contributed by atoms with van der Waals surface area (Å²) in [5.74, 6) is 0. The molecule has 2 aliphatic heterocycles. The van der Waals surface area contributed by atoms with Gasteiger partial charge in [0, 0.05) is 53.4 Å². The Labute approximate surface area is 258 Å². The second-order valence-corrected chi connectivity index (χ2v) is 13.6. The Bertz CT molecular complexity index is 1720. The van der Waals surface area contributed by atoms with Crippen molar-refractivity contribution in [2.24, 2.45) is 0 Å². The first-order chi connectivity index (χ1) is 20.9. The minimum absolute atomic E-state index is 0.101. The van der Waals surface area contributed by atoms with Crippen molar-refractivity contribution in [1.29, 1.82) is 0 Å². The van der Waals surface area contributed by atoms with E-state index in [0.29, 0.717) is 25.4 Å². The van der Waals surface area contributed by atoms with Crippen LogP contribution in [0.3, 0.4) is 0 Å². The van der Waals surface area contributed by atoms with Crippen LogP contribution in [0.1, 0.15) is 77.1 Å². The highest BCUT2D eigenvalue weighted by molar-refractivity contribution is 6.00. The molecule has 1 atom stereocenters. The number of benzene rings is 1. The van der Waals surface area contributed by atoms with Gasteiger partial charge in [0.1, 0.15) is 16.8 Å². The highest BCUT2D eigenvalue weighted by Crippen LogP contribution is 2.41. The topological polar surface area (TPSA) is 95.8 Å². The summed E-state index contributed by atoms with van der Waals surface area (Å²) in [5, 5.41) is 0.820. The van der Waals surface area contributed by atoms with E-state index in [1.54, 1.807) is 24.8 Å². The van der Waals surface area contributed by atoms with Crippen molar-refractivity contribution in [1.82, 2.24) is 19.4 Å². The van der Waals surface area contributed by atoms with Gasteiger partial charge < -0.3 is 19.1 Å². The molecule has 0 saturated carbocycles. The molecule has 1 unspecified atom stereocenters. The van der Waals surface area contributed by atoms with Crippen LogP contribution in [0, 0.1) is 0 Å². The number of fused-ring (bicyclic) bond motifs is 2. The number of rotatable bonds is 3. The molecule has 4 aromatic rings. The highest BCUT2D eigenvalue weighted by Gasteiger charge is 2.35. The molecule has 6 rings (SSSR count). The molecule has 0 N–H and O–H groups in total. The number of pyridine rings is 2. The van der Waals surface area contributed by atoms with E-state index in [9.17, 15) is 9.59 Å². The Balaban J connectivity index is 1.47. The lowest BCUT2D eigenvalue weighted by Gasteiger charge is -2.31. The second kappa shape index (κ2) is 11.4. The fraction of sp³-hybridized carbons (Fsp3) is 0.429. The summed E-state index contributed by atoms with van der Waals surface area (Å²) in [4.78, 5) is 37.5. The van der Waals surface area contributed by atoms with Gasteiger partial charge in [0.2, 0.25) is 0 Å². The summed E-state index contributed by atoms with van der Waals surface area (Å²) in [7, 11) is 0. The normalized spacial score (nSPS) is 17.0. The van der Waals surface area contributed by atoms with Gasteiger partial charge in [-0.05, 0) is 101 Å². The third kappa shape index (κ3) is 6.06. The van der Waals surface area contributed by atoms with Gasteiger partial charge in [0.05, 0.1) is 19.3 Å². The average molecular weight is 597 g/mol. The molecule has 0 bridgehead atoms. The molecule has 0 spiro atoms. The summed E-state index contributed by atoms with van der Waals surface area (Å²) < 4.78 is 18.9. The lowest BCUT2D eigenvalue weighted by molar-refractivity contribution is 0.0220. The monoisotopic (exact) mass is 596 g/mol. The quantitative estimate of drug-likeness (QED) is 0.239. The lowest BCUT2D eigenvalue weighted by Crippen LogP contribution is -2.36. The molecular formula is C35H40N4O5. The Morgan fingerprint density at radius 2 is 1.73 bits per heavy atom. The van der Waals surface area contributed by atoms with Gasteiger partial charge in [-0.3, -0.25) is 4.98 Å². The number of likely N-dealkylation sites (tertiary alicyclic amines) is 1. The molecule has 0 radical (unpaired) electrons. The highest BCUT2D eigenvalue weighted by atomic mass is 16.6. The maximum Gasteiger partial charge on any atom is 0.420 e. The second-order valence-electron chi connectivity index (χ2n) is 13.6. The van der Waals surface area contributed by atoms with Gasteiger partial charge in [-0.1, -0.05) is 12.1 Å². The Hall–Kier alpha value is -4.24. The smallest absolute Gasteiger partial charge is 0.420 e. The van der Waals surface area contributed by atoms with Crippen LogP contribution < -0.4 is 0 Å². The van der Waals surface area contributed by atoms with Gasteiger partial charge in [0.25, 0.3) is 0 Å². The number of hydrogen-bond acceptors (Lipinski definition) is 7. The molecule has 1 fully saturated rings. The number of carbonyl (C=O) groups excluding carboxylic acids is 2. The van der Waals surface area contributed by atoms with Crippen LogP contribution in [0.5, 0.6) is 0 Å². The first kappa shape index (κ1) is 29.8. The van der Waals surface area contributed by atoms with Gasteiger partial charge in [-0.2, -0.15) is 0 Å². The largest absolute Gasteiger partial charge is 0.444 e. The first-order valence-electron chi connectivity index (χ1n) is 15.3. The van der Waals surface area contributed by atoms with Crippen LogP contribution in [0.4, 0.5) is 9.59 Å². The van der Waals surface area contributed by atoms with Crippen LogP contribution in [-0.2, 0) is 27.2 Å². The standard InChI is InChI=1S/C35H40N4O5/c1-34(2,3)43-32(40)38-13-8-10-30(38)26-16-24(15-22-11-14-42-21-29(22)26)25-17-27-28(23-9-7-12-36-18-23)20-39(31(27)37-19-25)33(41)44-35(4,5)6/h7,9,12,15-20,30H,8,10-11,13-14,21H2,1-6H3. The fourth-order valence-corrected chi connectivity index (χ4v) is 6.07. The van der Waals surface area contributed by atoms with Crippen molar-refractivity contribution in [3.63, 3.8) is 0 Å². The third-order valence-electron chi connectivity index (χ3n) is 7.92. The SMILES string of the molecule is CC(C)(C)OC(=O)N1CCCC1c1cc(-c2cnc3c(c2)c(-c2cccnc2)cn3C(=O)OC(C)(C)C)cc2c1COCC2. The molecule has 1 saturated heterocycles. The first-order valence-corrected chi connectivity index (χ1v) is 15.3. The van der Waals surface area contributed by atoms with E-state index < -0.39 is 17.3 Å². The predicted octanol–water partition coefficient (Wildman–Crippen LogP) is 7.69. The molecule has 3 aromatic heterocycles. The van der Waals surface area contributed by atoms with Crippen LogP contribution in [0.2, 0.25) is 0 Å². The minimum Gasteiger partial charge on any atom is -0.444 e. The van der Waals surface area contributed by atoms with Crippen molar-refractivity contribution in [3.05, 3.63) is 71.8 Å². The van der Waals surface area contributed by atoms with Gasteiger partial charge in [-0.15, -0.1) is 0 Å². The molecule has 0 aliphatic carbocycles. The Morgan fingerprint density at radius 3 is 2.45 bits per heavy atom. The van der Waals surface area contributed by atoms with E-state index in [2.05, 4.69) is 23.2 Å². The number of carbonyl (C=O) groups is 2. The average Bonchev–Trinajstić information content (AvgIpc) is 3.61. The number of nitrogens with zero attached hydrogens (tertiary/aromatic N) is 4. The van der Waals surface area contributed by atoms with E-state index in [1.165, 1.54) is 10.1 Å². The number of hydrogen-bond donors (Lipinski definition) is 0. The van der Waals surface area contributed by atoms with Crippen molar-refractivity contribution in [3.8, 4) is 22.3 Å².